The number of anilines is 2. The van der Waals surface area contributed by atoms with Crippen molar-refractivity contribution in [1.29, 1.82) is 0 Å². The van der Waals surface area contributed by atoms with Gasteiger partial charge in [0, 0.05) is 39.7 Å². The van der Waals surface area contributed by atoms with E-state index < -0.39 is 27.7 Å². The average Bonchev–Trinajstić information content (AvgIpc) is 4.01. The van der Waals surface area contributed by atoms with Crippen LogP contribution in [0, 0.1) is 0 Å². The van der Waals surface area contributed by atoms with Crippen LogP contribution >= 0.6 is 35.1 Å². The molecule has 0 saturated carbocycles. The minimum atomic E-state index is -4.38. The van der Waals surface area contributed by atoms with Crippen molar-refractivity contribution >= 4 is 52.5 Å². The Labute approximate surface area is 360 Å². The minimum Gasteiger partial charge on any atom is -0.443 e. The maximum absolute atomic E-state index is 13.6. The van der Waals surface area contributed by atoms with E-state index in [4.69, 9.17) is 4.74 Å². The first kappa shape index (κ1) is 44.8. The van der Waals surface area contributed by atoms with Crippen molar-refractivity contribution in [3.8, 4) is 22.3 Å². The molecule has 4 aromatic carbocycles. The second kappa shape index (κ2) is 18.5. The Balaban J connectivity index is 0.000000203. The molecule has 0 spiro atoms. The molecule has 0 aliphatic carbocycles. The van der Waals surface area contributed by atoms with E-state index in [0.29, 0.717) is 41.8 Å². The van der Waals surface area contributed by atoms with E-state index in [1.807, 2.05) is 39.0 Å². The number of ether oxygens (including phenoxy) is 1. The average molecular weight is 883 g/mol. The zero-order valence-corrected chi connectivity index (χ0v) is 35.8. The molecule has 0 saturated heterocycles. The molecule has 0 atom stereocenters. The number of thiophene rings is 2. The summed E-state index contributed by atoms with van der Waals surface area (Å²) in [5.74, 6) is 0. The molecule has 1 N–H and O–H groups in total. The number of alkyl halides is 6. The zero-order chi connectivity index (χ0) is 42.0. The number of fused-ring (bicyclic) bond motifs is 2. The fourth-order valence-electron chi connectivity index (χ4n) is 7.38. The van der Waals surface area contributed by atoms with Gasteiger partial charge in [0.15, 0.2) is 0 Å². The van der Waals surface area contributed by atoms with Gasteiger partial charge in [0.1, 0.15) is 15.4 Å². The van der Waals surface area contributed by atoms with Gasteiger partial charge in [-0.05, 0) is 117 Å². The summed E-state index contributed by atoms with van der Waals surface area (Å²) in [4.78, 5) is 14.5. The fourth-order valence-corrected chi connectivity index (χ4v) is 9.47. The maximum atomic E-state index is 13.6. The van der Waals surface area contributed by atoms with E-state index >= 15 is 0 Å². The van der Waals surface area contributed by atoms with Gasteiger partial charge in [0.05, 0.1) is 5.69 Å². The quantitative estimate of drug-likeness (QED) is 0.155. The molecule has 2 aliphatic rings. The van der Waals surface area contributed by atoms with Crippen LogP contribution in [0.5, 0.6) is 0 Å². The molecule has 8 rings (SSSR count). The van der Waals surface area contributed by atoms with E-state index in [-0.39, 0.29) is 29.6 Å². The van der Waals surface area contributed by atoms with E-state index in [0.717, 1.165) is 70.2 Å². The van der Waals surface area contributed by atoms with E-state index in [1.165, 1.54) is 16.8 Å². The van der Waals surface area contributed by atoms with E-state index in [1.54, 1.807) is 71.6 Å². The predicted molar refractivity (Wildman–Crippen MR) is 234 cm³/mol. The van der Waals surface area contributed by atoms with Crippen LogP contribution in [-0.2, 0) is 55.6 Å². The SMILES string of the molecule is CC(C)(C)OC(=O)N1CCc2cc(CCc3cc(-c4ccccc4)c(C(F)(F)F)s3)ccc21.Cl.FC(F)(F)c1sc(CCc2ccc3c(c2)CCN3)cc1-c1ccccc1. The molecule has 60 heavy (non-hydrogen) atoms. The fraction of sp³-hybridized carbons (Fsp3) is 0.298. The largest absolute Gasteiger partial charge is 0.443 e. The van der Waals surface area contributed by atoms with Crippen LogP contribution < -0.4 is 10.2 Å². The van der Waals surface area contributed by atoms with Crippen molar-refractivity contribution in [2.45, 2.75) is 77.2 Å². The Morgan fingerprint density at radius 3 is 1.65 bits per heavy atom. The predicted octanol–water partition coefficient (Wildman–Crippen LogP) is 14.1. The summed E-state index contributed by atoms with van der Waals surface area (Å²) in [6, 6.07) is 33.1. The lowest BCUT2D eigenvalue weighted by Crippen LogP contribution is -2.35. The summed E-state index contributed by atoms with van der Waals surface area (Å²) in [6.45, 7) is 7.03. The molecule has 4 heterocycles. The third-order valence-electron chi connectivity index (χ3n) is 10.1. The summed E-state index contributed by atoms with van der Waals surface area (Å²) in [5, 5.41) is 3.32. The number of halogens is 7. The second-order valence-corrected chi connectivity index (χ2v) is 17.9. The van der Waals surface area contributed by atoms with Crippen LogP contribution in [0.25, 0.3) is 22.3 Å². The molecule has 2 aromatic heterocycles. The van der Waals surface area contributed by atoms with Crippen molar-refractivity contribution in [3.05, 3.63) is 151 Å². The maximum Gasteiger partial charge on any atom is 0.426 e. The first-order chi connectivity index (χ1) is 28.0. The topological polar surface area (TPSA) is 41.6 Å². The molecular weight excluding hydrogens is 838 g/mol. The highest BCUT2D eigenvalue weighted by atomic mass is 35.5. The lowest BCUT2D eigenvalue weighted by Gasteiger charge is -2.24. The minimum absolute atomic E-state index is 0. The van der Waals surface area contributed by atoms with Gasteiger partial charge in [-0.15, -0.1) is 35.1 Å². The number of hydrogen-bond acceptors (Lipinski definition) is 5. The summed E-state index contributed by atoms with van der Waals surface area (Å²) < 4.78 is 86.8. The Morgan fingerprint density at radius 2 is 1.15 bits per heavy atom. The van der Waals surface area contributed by atoms with Crippen LogP contribution in [0.3, 0.4) is 0 Å². The molecule has 0 radical (unpaired) electrons. The smallest absolute Gasteiger partial charge is 0.426 e. The number of nitrogens with one attached hydrogen (secondary N) is 1. The number of amides is 1. The molecule has 13 heteroatoms. The summed E-state index contributed by atoms with van der Waals surface area (Å²) in [6.07, 6.45) is -4.80. The van der Waals surface area contributed by atoms with E-state index in [2.05, 4.69) is 29.6 Å². The van der Waals surface area contributed by atoms with E-state index in [9.17, 15) is 31.1 Å². The summed E-state index contributed by atoms with van der Waals surface area (Å²) in [7, 11) is 0. The number of aryl methyl sites for hydroxylation is 4. The lowest BCUT2D eigenvalue weighted by atomic mass is 10.0. The first-order valence-corrected chi connectivity index (χ1v) is 21.1. The van der Waals surface area contributed by atoms with Gasteiger partial charge >= 0.3 is 18.4 Å². The zero-order valence-electron chi connectivity index (χ0n) is 33.3. The monoisotopic (exact) mass is 882 g/mol. The van der Waals surface area contributed by atoms with Gasteiger partial charge < -0.3 is 10.1 Å². The standard InChI is InChI=1S/C26H26F3NO2S.C21H18F3NS.ClH/c1-25(2,3)32-24(31)30-14-13-19-15-17(10-12-22(19)30)9-11-20-16-21(18-7-5-4-6-8-18)23(33-20)26(27,28)29;22-21(23,24)20-18(15-4-2-1-3-5-15)13-17(26-20)8-6-14-7-9-19-16(12-14)10-11-25-19;/h4-8,10,12,15-16H,9,11,13-14H2,1-3H3;1-5,7,9,12-13,25H,6,8,10-11H2;1H. The number of carbonyl (C=O) groups is 1. The van der Waals surface area contributed by atoms with Crippen LogP contribution in [0.15, 0.2) is 109 Å². The van der Waals surface area contributed by atoms with Gasteiger partial charge in [-0.2, -0.15) is 26.3 Å². The molecule has 316 valence electrons. The number of benzene rings is 4. The molecular formula is C47H45ClF6N2O2S2. The molecule has 6 aromatic rings. The number of carbonyl (C=O) groups excluding carboxylic acids is 1. The van der Waals surface area contributed by atoms with Crippen LogP contribution in [0.2, 0.25) is 0 Å². The Hall–Kier alpha value is -4.78. The van der Waals surface area contributed by atoms with Gasteiger partial charge in [-0.3, -0.25) is 4.90 Å². The molecule has 2 aliphatic heterocycles. The third kappa shape index (κ3) is 10.9. The Bertz CT molecular complexity index is 2400. The third-order valence-corrected chi connectivity index (χ3v) is 12.6. The molecule has 4 nitrogen and oxygen atoms in total. The first-order valence-electron chi connectivity index (χ1n) is 19.5. The van der Waals surface area contributed by atoms with Crippen molar-refractivity contribution in [2.75, 3.05) is 23.3 Å². The van der Waals surface area contributed by atoms with Crippen LogP contribution in [0.1, 0.15) is 62.5 Å². The van der Waals surface area contributed by atoms with Gasteiger partial charge in [-0.25, -0.2) is 4.79 Å². The highest BCUT2D eigenvalue weighted by Crippen LogP contribution is 2.44. The van der Waals surface area contributed by atoms with Gasteiger partial charge in [-0.1, -0.05) is 84.9 Å². The summed E-state index contributed by atoms with van der Waals surface area (Å²) >= 11 is 1.69. The van der Waals surface area contributed by atoms with Gasteiger partial charge in [0.2, 0.25) is 0 Å². The molecule has 0 bridgehead atoms. The second-order valence-electron chi connectivity index (χ2n) is 15.7. The molecule has 1 amide bonds. The normalized spacial score (nSPS) is 13.4. The highest BCUT2D eigenvalue weighted by Gasteiger charge is 2.37. The Kier molecular flexibility index (Phi) is 13.8. The highest BCUT2D eigenvalue weighted by molar-refractivity contribution is 7.13. The van der Waals surface area contributed by atoms with Crippen molar-refractivity contribution in [2.24, 2.45) is 0 Å². The van der Waals surface area contributed by atoms with Gasteiger partial charge in [0.25, 0.3) is 0 Å². The number of nitrogens with zero attached hydrogens (tertiary/aromatic N) is 1. The van der Waals surface area contributed by atoms with Crippen molar-refractivity contribution < 1.29 is 35.9 Å². The summed E-state index contributed by atoms with van der Waals surface area (Å²) in [5.41, 5.74) is 7.76. The Morgan fingerprint density at radius 1 is 0.650 bits per heavy atom. The molecule has 0 fully saturated rings. The van der Waals surface area contributed by atoms with Crippen molar-refractivity contribution in [1.82, 2.24) is 0 Å². The molecule has 0 unspecified atom stereocenters. The van der Waals surface area contributed by atoms with Crippen LogP contribution in [0.4, 0.5) is 42.5 Å². The number of rotatable bonds is 8. The lowest BCUT2D eigenvalue weighted by molar-refractivity contribution is -0.134. The number of hydrogen-bond donors (Lipinski definition) is 1. The van der Waals surface area contributed by atoms with Crippen molar-refractivity contribution in [3.63, 3.8) is 0 Å². The van der Waals surface area contributed by atoms with Crippen LogP contribution in [-0.4, -0.2) is 24.8 Å².